The van der Waals surface area contributed by atoms with Gasteiger partial charge < -0.3 is 15.1 Å². The zero-order chi connectivity index (χ0) is 12.1. The summed E-state index contributed by atoms with van der Waals surface area (Å²) in [5.74, 6) is -0.570. The molecule has 0 spiro atoms. The van der Waals surface area contributed by atoms with Crippen molar-refractivity contribution < 1.29 is 15.0 Å². The number of carboxylic acids is 1. The van der Waals surface area contributed by atoms with Crippen LogP contribution in [0.3, 0.4) is 0 Å². The Morgan fingerprint density at radius 3 is 2.62 bits per heavy atom. The summed E-state index contributed by atoms with van der Waals surface area (Å²) in [6.07, 6.45) is 1.26. The molecule has 4 heteroatoms. The molecule has 0 fully saturated rings. The molecule has 0 aliphatic carbocycles. The second kappa shape index (κ2) is 5.39. The molecule has 0 saturated carbocycles. The van der Waals surface area contributed by atoms with Crippen LogP contribution in [0.25, 0.3) is 0 Å². The van der Waals surface area contributed by atoms with Crippen LogP contribution in [-0.2, 0) is 11.2 Å². The normalized spacial score (nSPS) is 10.1. The fourth-order valence-corrected chi connectivity index (χ4v) is 1.48. The van der Waals surface area contributed by atoms with E-state index in [2.05, 4.69) is 0 Å². The molecule has 88 valence electrons. The van der Waals surface area contributed by atoms with Crippen molar-refractivity contribution in [2.75, 3.05) is 19.0 Å². The highest BCUT2D eigenvalue weighted by molar-refractivity contribution is 5.66. The van der Waals surface area contributed by atoms with Crippen molar-refractivity contribution in [3.8, 4) is 5.75 Å². The standard InChI is InChI=1S/C12H17NO3/c1-13(2)10-6-7-11(14)9(8-10)4-3-5-12(15)16/h6-8,14H,3-5H2,1-2H3,(H,15,16). The first-order chi connectivity index (χ1) is 7.50. The van der Waals surface area contributed by atoms with E-state index in [9.17, 15) is 9.90 Å². The van der Waals surface area contributed by atoms with Crippen LogP contribution in [0.5, 0.6) is 5.75 Å². The molecule has 1 rings (SSSR count). The topological polar surface area (TPSA) is 60.8 Å². The minimum Gasteiger partial charge on any atom is -0.508 e. The van der Waals surface area contributed by atoms with Crippen molar-refractivity contribution in [3.05, 3.63) is 23.8 Å². The van der Waals surface area contributed by atoms with E-state index in [0.717, 1.165) is 11.3 Å². The summed E-state index contributed by atoms with van der Waals surface area (Å²) < 4.78 is 0. The SMILES string of the molecule is CN(C)c1ccc(O)c(CCCC(=O)O)c1. The predicted molar refractivity (Wildman–Crippen MR) is 63.0 cm³/mol. The summed E-state index contributed by atoms with van der Waals surface area (Å²) in [7, 11) is 3.85. The lowest BCUT2D eigenvalue weighted by Gasteiger charge is -2.14. The van der Waals surface area contributed by atoms with Crippen molar-refractivity contribution in [2.45, 2.75) is 19.3 Å². The van der Waals surface area contributed by atoms with Crippen LogP contribution < -0.4 is 4.90 Å². The number of rotatable bonds is 5. The van der Waals surface area contributed by atoms with E-state index in [1.807, 2.05) is 31.1 Å². The van der Waals surface area contributed by atoms with E-state index >= 15 is 0 Å². The first-order valence-corrected chi connectivity index (χ1v) is 5.21. The van der Waals surface area contributed by atoms with E-state index in [4.69, 9.17) is 5.11 Å². The lowest BCUT2D eigenvalue weighted by molar-refractivity contribution is -0.137. The van der Waals surface area contributed by atoms with Crippen LogP contribution in [-0.4, -0.2) is 30.3 Å². The van der Waals surface area contributed by atoms with Crippen molar-refractivity contribution >= 4 is 11.7 Å². The van der Waals surface area contributed by atoms with E-state index in [1.165, 1.54) is 0 Å². The molecule has 0 unspecified atom stereocenters. The molecule has 0 aliphatic rings. The van der Waals surface area contributed by atoms with Gasteiger partial charge in [-0.3, -0.25) is 4.79 Å². The molecule has 0 bridgehead atoms. The molecule has 0 atom stereocenters. The molecule has 0 heterocycles. The lowest BCUT2D eigenvalue weighted by Crippen LogP contribution is -2.08. The minimum atomic E-state index is -0.803. The molecule has 0 saturated heterocycles. The first kappa shape index (κ1) is 12.4. The first-order valence-electron chi connectivity index (χ1n) is 5.21. The van der Waals surface area contributed by atoms with Gasteiger partial charge in [-0.1, -0.05) is 0 Å². The van der Waals surface area contributed by atoms with Gasteiger partial charge in [-0.2, -0.15) is 0 Å². The Balaban J connectivity index is 2.70. The monoisotopic (exact) mass is 223 g/mol. The van der Waals surface area contributed by atoms with Crippen molar-refractivity contribution in [3.63, 3.8) is 0 Å². The number of aryl methyl sites for hydroxylation is 1. The number of carboxylic acid groups (broad SMARTS) is 1. The highest BCUT2D eigenvalue weighted by atomic mass is 16.4. The van der Waals surface area contributed by atoms with Gasteiger partial charge in [0.25, 0.3) is 0 Å². The molecule has 1 aromatic carbocycles. The van der Waals surface area contributed by atoms with Gasteiger partial charge in [0.2, 0.25) is 0 Å². The Labute approximate surface area is 95.1 Å². The summed E-state index contributed by atoms with van der Waals surface area (Å²) in [4.78, 5) is 12.3. The Morgan fingerprint density at radius 2 is 2.06 bits per heavy atom. The minimum absolute atomic E-state index is 0.131. The van der Waals surface area contributed by atoms with Crippen molar-refractivity contribution in [1.29, 1.82) is 0 Å². The zero-order valence-electron chi connectivity index (χ0n) is 9.60. The summed E-state index contributed by atoms with van der Waals surface area (Å²) in [6.45, 7) is 0. The smallest absolute Gasteiger partial charge is 0.303 e. The van der Waals surface area contributed by atoms with E-state index in [1.54, 1.807) is 6.07 Å². The summed E-state index contributed by atoms with van der Waals surface area (Å²) >= 11 is 0. The van der Waals surface area contributed by atoms with Crippen LogP contribution in [0.2, 0.25) is 0 Å². The summed E-state index contributed by atoms with van der Waals surface area (Å²) in [5.41, 5.74) is 1.80. The number of benzene rings is 1. The van der Waals surface area contributed by atoms with E-state index in [0.29, 0.717) is 12.8 Å². The maximum absolute atomic E-state index is 10.4. The maximum atomic E-state index is 10.4. The number of phenolic OH excluding ortho intramolecular Hbond substituents is 1. The maximum Gasteiger partial charge on any atom is 0.303 e. The average molecular weight is 223 g/mol. The van der Waals surface area contributed by atoms with Gasteiger partial charge in [0, 0.05) is 26.2 Å². The van der Waals surface area contributed by atoms with Gasteiger partial charge in [-0.25, -0.2) is 0 Å². The predicted octanol–water partition coefficient (Wildman–Crippen LogP) is 1.87. The Morgan fingerprint density at radius 1 is 1.38 bits per heavy atom. The number of phenols is 1. The molecule has 0 amide bonds. The molecule has 0 aromatic heterocycles. The van der Waals surface area contributed by atoms with Crippen LogP contribution in [0.1, 0.15) is 18.4 Å². The van der Waals surface area contributed by atoms with Crippen LogP contribution in [0.15, 0.2) is 18.2 Å². The highest BCUT2D eigenvalue weighted by Crippen LogP contribution is 2.24. The molecule has 0 radical (unpaired) electrons. The van der Waals surface area contributed by atoms with Gasteiger partial charge >= 0.3 is 5.97 Å². The van der Waals surface area contributed by atoms with Gasteiger partial charge in [0.15, 0.2) is 0 Å². The average Bonchev–Trinajstić information content (AvgIpc) is 2.20. The van der Waals surface area contributed by atoms with Gasteiger partial charge in [-0.15, -0.1) is 0 Å². The van der Waals surface area contributed by atoms with Crippen LogP contribution >= 0.6 is 0 Å². The largest absolute Gasteiger partial charge is 0.508 e. The third kappa shape index (κ3) is 3.46. The van der Waals surface area contributed by atoms with Gasteiger partial charge in [0.05, 0.1) is 0 Å². The van der Waals surface area contributed by atoms with E-state index < -0.39 is 5.97 Å². The van der Waals surface area contributed by atoms with Crippen LogP contribution in [0, 0.1) is 0 Å². The quantitative estimate of drug-likeness (QED) is 0.800. The fraction of sp³-hybridized carbons (Fsp3) is 0.417. The number of carbonyl (C=O) groups is 1. The fourth-order valence-electron chi connectivity index (χ4n) is 1.48. The van der Waals surface area contributed by atoms with E-state index in [-0.39, 0.29) is 12.2 Å². The van der Waals surface area contributed by atoms with Gasteiger partial charge in [0.1, 0.15) is 5.75 Å². The van der Waals surface area contributed by atoms with Crippen molar-refractivity contribution in [1.82, 2.24) is 0 Å². The Bertz CT molecular complexity index is 375. The molecular formula is C12H17NO3. The van der Waals surface area contributed by atoms with Gasteiger partial charge in [-0.05, 0) is 36.6 Å². The Kier molecular flexibility index (Phi) is 4.17. The Hall–Kier alpha value is -1.71. The summed E-state index contributed by atoms with van der Waals surface area (Å²) in [5, 5.41) is 18.1. The zero-order valence-corrected chi connectivity index (χ0v) is 9.60. The third-order valence-corrected chi connectivity index (χ3v) is 2.42. The summed E-state index contributed by atoms with van der Waals surface area (Å²) in [6, 6.07) is 5.36. The van der Waals surface area contributed by atoms with Crippen LogP contribution in [0.4, 0.5) is 5.69 Å². The number of aliphatic carboxylic acids is 1. The molecule has 0 aliphatic heterocycles. The lowest BCUT2D eigenvalue weighted by atomic mass is 10.1. The molecular weight excluding hydrogens is 206 g/mol. The highest BCUT2D eigenvalue weighted by Gasteiger charge is 2.05. The molecule has 2 N–H and O–H groups in total. The molecule has 16 heavy (non-hydrogen) atoms. The number of aromatic hydroxyl groups is 1. The number of hydrogen-bond acceptors (Lipinski definition) is 3. The number of anilines is 1. The number of nitrogens with zero attached hydrogens (tertiary/aromatic N) is 1. The molecule has 1 aromatic rings. The third-order valence-electron chi connectivity index (χ3n) is 2.42. The second-order valence-corrected chi connectivity index (χ2v) is 3.95. The molecule has 4 nitrogen and oxygen atoms in total. The second-order valence-electron chi connectivity index (χ2n) is 3.95. The number of hydrogen-bond donors (Lipinski definition) is 2. The van der Waals surface area contributed by atoms with Crippen molar-refractivity contribution in [2.24, 2.45) is 0 Å².